The highest BCUT2D eigenvalue weighted by Crippen LogP contribution is 2.38. The molecule has 2 aliphatic heterocycles. The Hall–Kier alpha value is -1.26. The van der Waals surface area contributed by atoms with E-state index in [4.69, 9.17) is 0 Å². The molecule has 2 aromatic rings. The molecule has 0 amide bonds. The molecule has 0 saturated carbocycles. The number of nitrogens with one attached hydrogen (secondary N) is 1. The minimum Gasteiger partial charge on any atom is -0.301 e. The van der Waals surface area contributed by atoms with E-state index in [0.29, 0.717) is 12.0 Å². The molecule has 2 atom stereocenters. The summed E-state index contributed by atoms with van der Waals surface area (Å²) in [6, 6.07) is 13.4. The van der Waals surface area contributed by atoms with E-state index >= 15 is 0 Å². The Morgan fingerprint density at radius 1 is 1.16 bits per heavy atom. The van der Waals surface area contributed by atoms with E-state index in [1.807, 2.05) is 23.1 Å². The lowest BCUT2D eigenvalue weighted by atomic mass is 9.90. The summed E-state index contributed by atoms with van der Waals surface area (Å²) < 4.78 is 0. The molecule has 19 heavy (non-hydrogen) atoms. The highest BCUT2D eigenvalue weighted by Gasteiger charge is 2.36. The average molecular weight is 286 g/mol. The van der Waals surface area contributed by atoms with Gasteiger partial charge in [0.1, 0.15) is 0 Å². The second-order valence-electron chi connectivity index (χ2n) is 4.90. The zero-order chi connectivity index (χ0) is 12.7. The van der Waals surface area contributed by atoms with Crippen LogP contribution in [0, 0.1) is 5.92 Å². The molecule has 96 valence electrons. The summed E-state index contributed by atoms with van der Waals surface area (Å²) in [6.07, 6.45) is 0. The highest BCUT2D eigenvalue weighted by atomic mass is 32.2. The monoisotopic (exact) mass is 286 g/mol. The van der Waals surface area contributed by atoms with Gasteiger partial charge in [0, 0.05) is 27.9 Å². The fourth-order valence-corrected chi connectivity index (χ4v) is 4.86. The van der Waals surface area contributed by atoms with E-state index in [-0.39, 0.29) is 0 Å². The number of rotatable bonds is 1. The van der Waals surface area contributed by atoms with Gasteiger partial charge in [-0.1, -0.05) is 30.3 Å². The van der Waals surface area contributed by atoms with Crippen LogP contribution in [0.4, 0.5) is 0 Å². The van der Waals surface area contributed by atoms with Gasteiger partial charge in [-0.3, -0.25) is 0 Å². The van der Waals surface area contributed by atoms with Crippen LogP contribution in [0.5, 0.6) is 0 Å². The zero-order valence-electron chi connectivity index (χ0n) is 10.4. The first-order chi connectivity index (χ1) is 9.43. The maximum Gasteiger partial charge on any atom is 0.0874 e. The van der Waals surface area contributed by atoms with Crippen molar-refractivity contribution in [3.05, 3.63) is 57.8 Å². The Morgan fingerprint density at radius 2 is 2.11 bits per heavy atom. The Balaban J connectivity index is 1.75. The van der Waals surface area contributed by atoms with E-state index in [0.717, 1.165) is 11.5 Å². The molecule has 0 spiro atoms. The van der Waals surface area contributed by atoms with Crippen molar-refractivity contribution < 1.29 is 0 Å². The van der Waals surface area contributed by atoms with Gasteiger partial charge in [0.2, 0.25) is 0 Å². The fourth-order valence-electron chi connectivity index (χ4n) is 2.83. The van der Waals surface area contributed by atoms with Gasteiger partial charge in [-0.05, 0) is 17.0 Å². The summed E-state index contributed by atoms with van der Waals surface area (Å²) in [5.41, 5.74) is 7.36. The first kappa shape index (κ1) is 11.6. The summed E-state index contributed by atoms with van der Waals surface area (Å²) in [7, 11) is 0. The van der Waals surface area contributed by atoms with Gasteiger partial charge in [0.15, 0.2) is 0 Å². The van der Waals surface area contributed by atoms with Gasteiger partial charge in [0.05, 0.1) is 11.8 Å². The lowest BCUT2D eigenvalue weighted by Gasteiger charge is -2.17. The quantitative estimate of drug-likeness (QED) is 0.865. The van der Waals surface area contributed by atoms with Crippen molar-refractivity contribution in [1.82, 2.24) is 5.43 Å². The van der Waals surface area contributed by atoms with Crippen LogP contribution >= 0.6 is 23.1 Å². The minimum atomic E-state index is 0.355. The molecule has 0 bridgehead atoms. The Morgan fingerprint density at radius 3 is 3.00 bits per heavy atom. The van der Waals surface area contributed by atoms with Crippen LogP contribution in [0.3, 0.4) is 0 Å². The fraction of sp³-hybridized carbons (Fsp3) is 0.267. The molecule has 1 N–H and O–H groups in total. The van der Waals surface area contributed by atoms with E-state index in [1.165, 1.54) is 21.7 Å². The van der Waals surface area contributed by atoms with E-state index in [9.17, 15) is 0 Å². The third-order valence-corrected chi connectivity index (χ3v) is 5.84. The van der Waals surface area contributed by atoms with Crippen molar-refractivity contribution in [1.29, 1.82) is 0 Å². The third-order valence-electron chi connectivity index (χ3n) is 3.78. The van der Waals surface area contributed by atoms with E-state index in [1.54, 1.807) is 0 Å². The number of thiophene rings is 1. The third kappa shape index (κ3) is 1.90. The van der Waals surface area contributed by atoms with Crippen molar-refractivity contribution in [3.8, 4) is 0 Å². The summed E-state index contributed by atoms with van der Waals surface area (Å²) in [5.74, 6) is 2.73. The van der Waals surface area contributed by atoms with E-state index < -0.39 is 0 Å². The second kappa shape index (κ2) is 4.69. The molecule has 4 rings (SSSR count). The van der Waals surface area contributed by atoms with E-state index in [2.05, 4.69) is 52.3 Å². The largest absolute Gasteiger partial charge is 0.301 e. The standard InChI is InChI=1S/C15H14N2S2/c1-2-5-11-10(4-1)8-18-9-12-14(11)16-17-15(12)13-6-3-7-19-13/h1-7,12,15,17H,8-9H2/t12-,15-/m0/s1. The predicted octanol–water partition coefficient (Wildman–Crippen LogP) is 3.66. The van der Waals surface area contributed by atoms with Crippen molar-refractivity contribution in [2.24, 2.45) is 11.0 Å². The topological polar surface area (TPSA) is 24.4 Å². The number of benzene rings is 1. The van der Waals surface area contributed by atoms with Crippen LogP contribution < -0.4 is 5.43 Å². The van der Waals surface area contributed by atoms with Crippen molar-refractivity contribution in [3.63, 3.8) is 0 Å². The van der Waals surface area contributed by atoms with Crippen LogP contribution in [0.2, 0.25) is 0 Å². The van der Waals surface area contributed by atoms with Gasteiger partial charge in [-0.15, -0.1) is 11.3 Å². The Kier molecular flexibility index (Phi) is 2.85. The summed E-state index contributed by atoms with van der Waals surface area (Å²) in [5, 5.41) is 6.80. The number of hydrogen-bond acceptors (Lipinski definition) is 4. The highest BCUT2D eigenvalue weighted by molar-refractivity contribution is 7.98. The molecule has 1 aromatic carbocycles. The Bertz CT molecular complexity index is 619. The maximum absolute atomic E-state index is 4.66. The predicted molar refractivity (Wildman–Crippen MR) is 82.8 cm³/mol. The molecule has 0 unspecified atom stereocenters. The number of fused-ring (bicyclic) bond motifs is 3. The normalized spacial score (nSPS) is 24.9. The first-order valence-corrected chi connectivity index (χ1v) is 8.49. The van der Waals surface area contributed by atoms with Gasteiger partial charge in [-0.2, -0.15) is 16.9 Å². The number of hydrogen-bond donors (Lipinski definition) is 1. The molecule has 0 fully saturated rings. The van der Waals surface area contributed by atoms with Crippen LogP contribution in [-0.4, -0.2) is 11.5 Å². The average Bonchev–Trinajstić information content (AvgIpc) is 3.05. The first-order valence-electron chi connectivity index (χ1n) is 6.46. The SMILES string of the molecule is c1csc([C@H]2NN=C3c4ccccc4CSC[C@@H]32)c1. The molecule has 4 heteroatoms. The maximum atomic E-state index is 4.66. The number of thioether (sulfide) groups is 1. The van der Waals surface area contributed by atoms with Crippen LogP contribution in [0.25, 0.3) is 0 Å². The zero-order valence-corrected chi connectivity index (χ0v) is 12.0. The Labute approximate surface area is 120 Å². The molecule has 0 aliphatic carbocycles. The van der Waals surface area contributed by atoms with Crippen LogP contribution in [-0.2, 0) is 5.75 Å². The minimum absolute atomic E-state index is 0.355. The summed E-state index contributed by atoms with van der Waals surface area (Å²) in [4.78, 5) is 1.39. The number of nitrogens with zero attached hydrogens (tertiary/aromatic N) is 1. The molecular formula is C15H14N2S2. The summed E-state index contributed by atoms with van der Waals surface area (Å²) in [6.45, 7) is 0. The molecule has 2 nitrogen and oxygen atoms in total. The molecule has 1 aromatic heterocycles. The summed E-state index contributed by atoms with van der Waals surface area (Å²) >= 11 is 3.84. The van der Waals surface area contributed by atoms with Crippen molar-refractivity contribution in [2.45, 2.75) is 11.8 Å². The van der Waals surface area contributed by atoms with Gasteiger partial charge in [-0.25, -0.2) is 0 Å². The molecule has 2 aliphatic rings. The second-order valence-corrected chi connectivity index (χ2v) is 6.91. The molecule has 3 heterocycles. The number of hydrazone groups is 1. The van der Waals surface area contributed by atoms with Gasteiger partial charge in [0.25, 0.3) is 0 Å². The lowest BCUT2D eigenvalue weighted by Crippen LogP contribution is -2.22. The van der Waals surface area contributed by atoms with Crippen LogP contribution in [0.1, 0.15) is 22.0 Å². The van der Waals surface area contributed by atoms with Crippen molar-refractivity contribution >= 4 is 28.8 Å². The lowest BCUT2D eigenvalue weighted by molar-refractivity contribution is 0.539. The molecule has 0 saturated heterocycles. The molecule has 0 radical (unpaired) electrons. The van der Waals surface area contributed by atoms with Gasteiger partial charge >= 0.3 is 0 Å². The van der Waals surface area contributed by atoms with Crippen LogP contribution in [0.15, 0.2) is 46.9 Å². The smallest absolute Gasteiger partial charge is 0.0874 e. The van der Waals surface area contributed by atoms with Gasteiger partial charge < -0.3 is 5.43 Å². The van der Waals surface area contributed by atoms with Crippen molar-refractivity contribution in [2.75, 3.05) is 5.75 Å². The molecular weight excluding hydrogens is 272 g/mol.